The van der Waals surface area contributed by atoms with E-state index in [2.05, 4.69) is 6.58 Å². The number of hydrogen-bond acceptors (Lipinski definition) is 3. The highest BCUT2D eigenvalue weighted by Crippen LogP contribution is 2.23. The molecule has 0 heterocycles. The van der Waals surface area contributed by atoms with E-state index < -0.39 is 17.6 Å². The molecular formula is C15H19NO3. The lowest BCUT2D eigenvalue weighted by Gasteiger charge is -2.26. The van der Waals surface area contributed by atoms with Gasteiger partial charge in [0.25, 0.3) is 0 Å². The van der Waals surface area contributed by atoms with Gasteiger partial charge in [0.15, 0.2) is 0 Å². The number of nitrogens with zero attached hydrogens (tertiary/aromatic N) is 1. The molecule has 0 unspecified atom stereocenters. The summed E-state index contributed by atoms with van der Waals surface area (Å²) in [6, 6.07) is 7.03. The number of imide groups is 1. The first-order valence-corrected chi connectivity index (χ1v) is 6.01. The third-order valence-corrected chi connectivity index (χ3v) is 2.29. The highest BCUT2D eigenvalue weighted by Gasteiger charge is 2.27. The Hall–Kier alpha value is -2.10. The molecule has 0 saturated carbocycles. The van der Waals surface area contributed by atoms with Crippen LogP contribution < -0.4 is 4.90 Å². The van der Waals surface area contributed by atoms with Crippen LogP contribution in [-0.4, -0.2) is 17.6 Å². The smallest absolute Gasteiger partial charge is 0.421 e. The van der Waals surface area contributed by atoms with E-state index in [1.807, 2.05) is 6.07 Å². The van der Waals surface area contributed by atoms with E-state index >= 15 is 0 Å². The Morgan fingerprint density at radius 3 is 2.32 bits per heavy atom. The molecule has 0 N–H and O–H groups in total. The fraction of sp³-hybridized carbons (Fsp3) is 0.333. The monoisotopic (exact) mass is 261 g/mol. The quantitative estimate of drug-likeness (QED) is 0.816. The topological polar surface area (TPSA) is 46.6 Å². The van der Waals surface area contributed by atoms with Crippen molar-refractivity contribution in [2.45, 2.75) is 33.3 Å². The Morgan fingerprint density at radius 2 is 1.84 bits per heavy atom. The first-order valence-electron chi connectivity index (χ1n) is 6.01. The maximum absolute atomic E-state index is 12.1. The molecule has 0 aromatic heterocycles. The van der Waals surface area contributed by atoms with Gasteiger partial charge in [0.05, 0.1) is 5.69 Å². The van der Waals surface area contributed by atoms with Gasteiger partial charge in [-0.1, -0.05) is 30.9 Å². The van der Waals surface area contributed by atoms with Crippen molar-refractivity contribution in [1.29, 1.82) is 0 Å². The molecule has 1 aromatic carbocycles. The molecule has 0 saturated heterocycles. The highest BCUT2D eigenvalue weighted by molar-refractivity contribution is 6.12. The summed E-state index contributed by atoms with van der Waals surface area (Å²) in [6.45, 7) is 10.3. The molecule has 0 atom stereocenters. The Morgan fingerprint density at radius 1 is 1.26 bits per heavy atom. The fourth-order valence-electron chi connectivity index (χ4n) is 1.57. The number of rotatable bonds is 2. The number of hydrogen-bond donors (Lipinski definition) is 0. The van der Waals surface area contributed by atoms with E-state index in [0.717, 1.165) is 4.90 Å². The van der Waals surface area contributed by atoms with E-state index in [1.165, 1.54) is 6.92 Å². The summed E-state index contributed by atoms with van der Waals surface area (Å²) < 4.78 is 5.25. The molecule has 4 nitrogen and oxygen atoms in total. The van der Waals surface area contributed by atoms with Gasteiger partial charge in [-0.25, -0.2) is 9.69 Å². The van der Waals surface area contributed by atoms with Crippen molar-refractivity contribution in [2.75, 3.05) is 4.90 Å². The van der Waals surface area contributed by atoms with Crippen molar-refractivity contribution in [3.8, 4) is 0 Å². The molecule has 102 valence electrons. The van der Waals surface area contributed by atoms with Crippen LogP contribution in [0.4, 0.5) is 10.5 Å². The minimum atomic E-state index is -0.686. The molecule has 0 radical (unpaired) electrons. The van der Waals surface area contributed by atoms with Crippen molar-refractivity contribution < 1.29 is 14.3 Å². The first-order chi connectivity index (χ1) is 8.76. The second-order valence-electron chi connectivity index (χ2n) is 5.10. The lowest BCUT2D eigenvalue weighted by molar-refractivity contribution is -0.116. The van der Waals surface area contributed by atoms with Crippen LogP contribution in [-0.2, 0) is 9.53 Å². The van der Waals surface area contributed by atoms with E-state index in [-0.39, 0.29) is 0 Å². The molecule has 19 heavy (non-hydrogen) atoms. The second-order valence-corrected chi connectivity index (χ2v) is 5.10. The van der Waals surface area contributed by atoms with Crippen LogP contribution in [0.25, 0.3) is 6.08 Å². The number of benzene rings is 1. The third-order valence-electron chi connectivity index (χ3n) is 2.29. The zero-order valence-electron chi connectivity index (χ0n) is 11.8. The van der Waals surface area contributed by atoms with Crippen molar-refractivity contribution in [2.24, 2.45) is 0 Å². The number of para-hydroxylation sites is 1. The predicted molar refractivity (Wildman–Crippen MR) is 75.9 cm³/mol. The molecule has 4 heteroatoms. The summed E-state index contributed by atoms with van der Waals surface area (Å²) in [7, 11) is 0. The van der Waals surface area contributed by atoms with E-state index in [4.69, 9.17) is 4.74 Å². The van der Waals surface area contributed by atoms with Crippen LogP contribution in [0.3, 0.4) is 0 Å². The average Bonchev–Trinajstić information content (AvgIpc) is 2.26. The summed E-state index contributed by atoms with van der Waals surface area (Å²) in [4.78, 5) is 24.9. The number of carbonyl (C=O) groups excluding carboxylic acids is 2. The van der Waals surface area contributed by atoms with Crippen LogP contribution in [0.1, 0.15) is 33.3 Å². The highest BCUT2D eigenvalue weighted by atomic mass is 16.6. The zero-order valence-corrected chi connectivity index (χ0v) is 11.8. The van der Waals surface area contributed by atoms with Gasteiger partial charge in [-0.15, -0.1) is 0 Å². The predicted octanol–water partition coefficient (Wildman–Crippen LogP) is 3.62. The summed E-state index contributed by atoms with van der Waals surface area (Å²) in [5, 5.41) is 0. The molecular weight excluding hydrogens is 242 g/mol. The lowest BCUT2D eigenvalue weighted by Crippen LogP contribution is -2.40. The molecule has 0 aliphatic rings. The van der Waals surface area contributed by atoms with Gasteiger partial charge in [-0.2, -0.15) is 0 Å². The minimum Gasteiger partial charge on any atom is -0.443 e. The standard InChI is InChI=1S/C15H19NO3/c1-6-12-9-7-8-10-13(12)16(11(2)17)14(18)19-15(3,4)5/h6-10H,1H2,2-5H3. The van der Waals surface area contributed by atoms with Gasteiger partial charge in [-0.05, 0) is 32.4 Å². The largest absolute Gasteiger partial charge is 0.443 e. The molecule has 0 aliphatic carbocycles. The Bertz CT molecular complexity index is 500. The van der Waals surface area contributed by atoms with Crippen LogP contribution >= 0.6 is 0 Å². The van der Waals surface area contributed by atoms with Crippen molar-refractivity contribution in [3.05, 3.63) is 36.4 Å². The minimum absolute atomic E-state index is 0.399. The lowest BCUT2D eigenvalue weighted by atomic mass is 10.1. The number of amides is 2. The van der Waals surface area contributed by atoms with Gasteiger partial charge >= 0.3 is 6.09 Å². The third kappa shape index (κ3) is 3.95. The summed E-state index contributed by atoms with van der Waals surface area (Å²) in [6.07, 6.45) is 0.907. The Kier molecular flexibility index (Phi) is 4.48. The maximum atomic E-state index is 12.1. The number of ether oxygens (including phenoxy) is 1. The average molecular weight is 261 g/mol. The number of anilines is 1. The van der Waals surface area contributed by atoms with Gasteiger partial charge < -0.3 is 4.74 Å². The molecule has 1 aromatic rings. The molecule has 0 bridgehead atoms. The normalized spacial score (nSPS) is 10.7. The van der Waals surface area contributed by atoms with Crippen LogP contribution in [0.2, 0.25) is 0 Å². The van der Waals surface area contributed by atoms with Gasteiger partial charge in [-0.3, -0.25) is 4.79 Å². The molecule has 0 spiro atoms. The molecule has 1 rings (SSSR count). The second kappa shape index (κ2) is 5.69. The Labute approximate surface area is 113 Å². The van der Waals surface area contributed by atoms with Gasteiger partial charge in [0.2, 0.25) is 5.91 Å². The SMILES string of the molecule is C=Cc1ccccc1N(C(C)=O)C(=O)OC(C)(C)C. The molecule has 2 amide bonds. The zero-order chi connectivity index (χ0) is 14.6. The van der Waals surface area contributed by atoms with E-state index in [0.29, 0.717) is 11.3 Å². The Balaban J connectivity index is 3.18. The van der Waals surface area contributed by atoms with Crippen molar-refractivity contribution in [1.82, 2.24) is 0 Å². The summed E-state index contributed by atoms with van der Waals surface area (Å²) >= 11 is 0. The summed E-state index contributed by atoms with van der Waals surface area (Å²) in [5.41, 5.74) is 0.510. The van der Waals surface area contributed by atoms with E-state index in [1.54, 1.807) is 45.0 Å². The van der Waals surface area contributed by atoms with Crippen LogP contribution in [0.15, 0.2) is 30.8 Å². The number of carbonyl (C=O) groups is 2. The van der Waals surface area contributed by atoms with Crippen LogP contribution in [0.5, 0.6) is 0 Å². The van der Waals surface area contributed by atoms with Crippen molar-refractivity contribution >= 4 is 23.8 Å². The molecule has 0 aliphatic heterocycles. The van der Waals surface area contributed by atoms with Gasteiger partial charge in [0, 0.05) is 6.92 Å². The van der Waals surface area contributed by atoms with Gasteiger partial charge in [0.1, 0.15) is 5.60 Å². The fourth-order valence-corrected chi connectivity index (χ4v) is 1.57. The van der Waals surface area contributed by atoms with E-state index in [9.17, 15) is 9.59 Å². The van der Waals surface area contributed by atoms with Crippen molar-refractivity contribution in [3.63, 3.8) is 0 Å². The summed E-state index contributed by atoms with van der Waals surface area (Å²) in [5.74, 6) is -0.399. The first kappa shape index (κ1) is 15.0. The maximum Gasteiger partial charge on any atom is 0.421 e. The van der Waals surface area contributed by atoms with Crippen LogP contribution in [0, 0.1) is 0 Å². The molecule has 0 fully saturated rings.